The van der Waals surface area contributed by atoms with E-state index in [1.807, 2.05) is 48.5 Å². The fraction of sp³-hybridized carbons (Fsp3) is 0.143. The van der Waals surface area contributed by atoms with Crippen molar-refractivity contribution in [3.05, 3.63) is 64.7 Å². The number of hydrogen-bond acceptors (Lipinski definition) is 1. The van der Waals surface area contributed by atoms with Crippen LogP contribution in [0.15, 0.2) is 48.5 Å². The Balaban J connectivity index is 2.00. The summed E-state index contributed by atoms with van der Waals surface area (Å²) in [4.78, 5) is 0. The molecule has 0 bridgehead atoms. The summed E-state index contributed by atoms with van der Waals surface area (Å²) in [5.74, 6) is 0.546. The van der Waals surface area contributed by atoms with Gasteiger partial charge in [-0.05, 0) is 29.3 Å². The van der Waals surface area contributed by atoms with Crippen LogP contribution in [-0.2, 0) is 12.4 Å². The normalized spacial score (nSPS) is 10.2. The molecule has 0 atom stereocenters. The van der Waals surface area contributed by atoms with Gasteiger partial charge in [0.1, 0.15) is 0 Å². The second-order valence-corrected chi connectivity index (χ2v) is 4.45. The summed E-state index contributed by atoms with van der Waals surface area (Å²) in [6.45, 7) is 0.722. The zero-order chi connectivity index (χ0) is 12.1. The fourth-order valence-electron chi connectivity index (χ4n) is 1.55. The molecule has 0 fully saturated rings. The van der Waals surface area contributed by atoms with Crippen LogP contribution in [-0.4, -0.2) is 0 Å². The van der Waals surface area contributed by atoms with E-state index in [0.29, 0.717) is 5.88 Å². The smallest absolute Gasteiger partial charge is 0.0474 e. The van der Waals surface area contributed by atoms with Gasteiger partial charge < -0.3 is 5.32 Å². The van der Waals surface area contributed by atoms with Crippen molar-refractivity contribution < 1.29 is 0 Å². The molecule has 1 N–H and O–H groups in total. The third-order valence-corrected chi connectivity index (χ3v) is 3.23. The molecule has 2 aromatic rings. The highest BCUT2D eigenvalue weighted by molar-refractivity contribution is 6.31. The van der Waals surface area contributed by atoms with Gasteiger partial charge in [0.25, 0.3) is 0 Å². The molecular formula is C14H13Cl2N. The van der Waals surface area contributed by atoms with Crippen LogP contribution in [0.25, 0.3) is 0 Å². The molecule has 3 heteroatoms. The monoisotopic (exact) mass is 265 g/mol. The second kappa shape index (κ2) is 5.95. The molecular weight excluding hydrogens is 253 g/mol. The minimum atomic E-state index is 0.546. The van der Waals surface area contributed by atoms with Gasteiger partial charge in [0.2, 0.25) is 0 Å². The maximum atomic E-state index is 6.08. The van der Waals surface area contributed by atoms with Crippen LogP contribution >= 0.6 is 23.2 Å². The van der Waals surface area contributed by atoms with Gasteiger partial charge in [-0.15, -0.1) is 11.6 Å². The van der Waals surface area contributed by atoms with E-state index >= 15 is 0 Å². The Labute approximate surface area is 111 Å². The van der Waals surface area contributed by atoms with E-state index in [1.165, 1.54) is 0 Å². The van der Waals surface area contributed by atoms with Crippen LogP contribution in [0.4, 0.5) is 5.69 Å². The molecule has 0 saturated heterocycles. The molecule has 17 heavy (non-hydrogen) atoms. The Kier molecular flexibility index (Phi) is 4.29. The number of hydrogen-bond donors (Lipinski definition) is 1. The SMILES string of the molecule is ClCc1ccc(NCc2ccccc2Cl)cc1. The lowest BCUT2D eigenvalue weighted by Crippen LogP contribution is -1.99. The minimum absolute atomic E-state index is 0.546. The zero-order valence-electron chi connectivity index (χ0n) is 9.29. The van der Waals surface area contributed by atoms with Gasteiger partial charge in [-0.1, -0.05) is 41.9 Å². The first kappa shape index (κ1) is 12.3. The van der Waals surface area contributed by atoms with Crippen molar-refractivity contribution >= 4 is 28.9 Å². The molecule has 88 valence electrons. The van der Waals surface area contributed by atoms with Crippen LogP contribution in [0.2, 0.25) is 5.02 Å². The van der Waals surface area contributed by atoms with E-state index in [9.17, 15) is 0 Å². The van der Waals surface area contributed by atoms with Crippen LogP contribution in [0.5, 0.6) is 0 Å². The van der Waals surface area contributed by atoms with Crippen molar-refractivity contribution in [1.29, 1.82) is 0 Å². The second-order valence-electron chi connectivity index (χ2n) is 3.78. The topological polar surface area (TPSA) is 12.0 Å². The van der Waals surface area contributed by atoms with E-state index in [1.54, 1.807) is 0 Å². The average molecular weight is 266 g/mol. The van der Waals surface area contributed by atoms with E-state index in [2.05, 4.69) is 5.32 Å². The van der Waals surface area contributed by atoms with Crippen LogP contribution in [0, 0.1) is 0 Å². The van der Waals surface area contributed by atoms with Crippen molar-refractivity contribution in [3.63, 3.8) is 0 Å². The summed E-state index contributed by atoms with van der Waals surface area (Å²) in [5.41, 5.74) is 3.28. The molecule has 2 aromatic carbocycles. The van der Waals surface area contributed by atoms with Crippen LogP contribution < -0.4 is 5.32 Å². The van der Waals surface area contributed by atoms with Crippen molar-refractivity contribution in [1.82, 2.24) is 0 Å². The van der Waals surface area contributed by atoms with Gasteiger partial charge >= 0.3 is 0 Å². The van der Waals surface area contributed by atoms with Gasteiger partial charge in [0, 0.05) is 23.1 Å². The summed E-state index contributed by atoms with van der Waals surface area (Å²) in [5, 5.41) is 4.11. The summed E-state index contributed by atoms with van der Waals surface area (Å²) in [6, 6.07) is 15.9. The molecule has 0 saturated carbocycles. The maximum absolute atomic E-state index is 6.08. The largest absolute Gasteiger partial charge is 0.381 e. The highest BCUT2D eigenvalue weighted by atomic mass is 35.5. The van der Waals surface area contributed by atoms with Crippen LogP contribution in [0.1, 0.15) is 11.1 Å². The molecule has 0 unspecified atom stereocenters. The van der Waals surface area contributed by atoms with Crippen molar-refractivity contribution in [2.24, 2.45) is 0 Å². The minimum Gasteiger partial charge on any atom is -0.381 e. The molecule has 0 amide bonds. The van der Waals surface area contributed by atoms with Gasteiger partial charge in [-0.3, -0.25) is 0 Å². The van der Waals surface area contributed by atoms with Crippen LogP contribution in [0.3, 0.4) is 0 Å². The summed E-state index contributed by atoms with van der Waals surface area (Å²) >= 11 is 11.8. The molecule has 0 spiro atoms. The van der Waals surface area contributed by atoms with Gasteiger partial charge in [-0.2, -0.15) is 0 Å². The molecule has 0 radical (unpaired) electrons. The molecule has 0 aromatic heterocycles. The number of nitrogens with one attached hydrogen (secondary N) is 1. The van der Waals surface area contributed by atoms with Crippen molar-refractivity contribution in [2.75, 3.05) is 5.32 Å². The molecule has 0 heterocycles. The Morgan fingerprint density at radius 3 is 2.29 bits per heavy atom. The van der Waals surface area contributed by atoms with E-state index < -0.39 is 0 Å². The van der Waals surface area contributed by atoms with Crippen molar-refractivity contribution in [2.45, 2.75) is 12.4 Å². The fourth-order valence-corrected chi connectivity index (χ4v) is 1.93. The van der Waals surface area contributed by atoms with Crippen molar-refractivity contribution in [3.8, 4) is 0 Å². The third-order valence-electron chi connectivity index (χ3n) is 2.55. The van der Waals surface area contributed by atoms with Gasteiger partial charge in [0.05, 0.1) is 0 Å². The third kappa shape index (κ3) is 3.39. The predicted octanol–water partition coefficient (Wildman–Crippen LogP) is 4.69. The Morgan fingerprint density at radius 1 is 0.941 bits per heavy atom. The number of alkyl halides is 1. The first-order valence-electron chi connectivity index (χ1n) is 5.42. The number of halogens is 2. The summed E-state index contributed by atoms with van der Waals surface area (Å²) in [6.07, 6.45) is 0. The van der Waals surface area contributed by atoms with E-state index in [-0.39, 0.29) is 0 Å². The lowest BCUT2D eigenvalue weighted by molar-refractivity contribution is 1.15. The predicted molar refractivity (Wildman–Crippen MR) is 74.8 cm³/mol. The zero-order valence-corrected chi connectivity index (χ0v) is 10.8. The highest BCUT2D eigenvalue weighted by Gasteiger charge is 1.98. The van der Waals surface area contributed by atoms with E-state index in [0.717, 1.165) is 28.4 Å². The van der Waals surface area contributed by atoms with Gasteiger partial charge in [0.15, 0.2) is 0 Å². The molecule has 1 nitrogen and oxygen atoms in total. The summed E-state index contributed by atoms with van der Waals surface area (Å²) in [7, 11) is 0. The Bertz CT molecular complexity index is 480. The molecule has 2 rings (SSSR count). The van der Waals surface area contributed by atoms with Gasteiger partial charge in [-0.25, -0.2) is 0 Å². The molecule has 0 aliphatic carbocycles. The molecule has 0 aliphatic heterocycles. The lowest BCUT2D eigenvalue weighted by atomic mass is 10.2. The average Bonchev–Trinajstić information content (AvgIpc) is 2.38. The summed E-state index contributed by atoms with van der Waals surface area (Å²) < 4.78 is 0. The highest BCUT2D eigenvalue weighted by Crippen LogP contribution is 2.17. The Hall–Kier alpha value is -1.18. The Morgan fingerprint density at radius 2 is 1.65 bits per heavy atom. The number of anilines is 1. The number of benzene rings is 2. The standard InChI is InChI=1S/C14H13Cl2N/c15-9-11-5-7-13(8-6-11)17-10-12-3-1-2-4-14(12)16/h1-8,17H,9-10H2. The lowest BCUT2D eigenvalue weighted by Gasteiger charge is -2.08. The quantitative estimate of drug-likeness (QED) is 0.791. The first-order chi connectivity index (χ1) is 8.29. The first-order valence-corrected chi connectivity index (χ1v) is 6.33. The molecule has 0 aliphatic rings. The number of rotatable bonds is 4. The maximum Gasteiger partial charge on any atom is 0.0474 e. The van der Waals surface area contributed by atoms with E-state index in [4.69, 9.17) is 23.2 Å².